The standard InChI is InChI=1S/C18H22ClNO2S/c1-22-11-3-2-10-20-18(21)17(13-16-5-4-12-23-16)14-6-8-15(19)9-7-14/h4-9,12,17H,2-3,10-11,13H2,1H3,(H,20,21). The summed E-state index contributed by atoms with van der Waals surface area (Å²) in [5.74, 6) is -0.119. The largest absolute Gasteiger partial charge is 0.385 e. The van der Waals surface area contributed by atoms with Crippen molar-refractivity contribution in [3.63, 3.8) is 0 Å². The third-order valence-corrected chi connectivity index (χ3v) is 4.80. The van der Waals surface area contributed by atoms with Crippen LogP contribution in [0.15, 0.2) is 41.8 Å². The molecule has 1 unspecified atom stereocenters. The Morgan fingerprint density at radius 2 is 2.04 bits per heavy atom. The van der Waals surface area contributed by atoms with Gasteiger partial charge < -0.3 is 10.1 Å². The zero-order chi connectivity index (χ0) is 16.5. The Bertz CT molecular complexity index is 584. The molecule has 3 nitrogen and oxygen atoms in total. The molecule has 0 saturated carbocycles. The van der Waals surface area contributed by atoms with E-state index in [1.807, 2.05) is 35.7 Å². The van der Waals surface area contributed by atoms with Gasteiger partial charge in [-0.1, -0.05) is 29.8 Å². The molecule has 0 spiro atoms. The van der Waals surface area contributed by atoms with E-state index in [1.165, 1.54) is 4.88 Å². The van der Waals surface area contributed by atoms with Gasteiger partial charge in [0.2, 0.25) is 5.91 Å². The smallest absolute Gasteiger partial charge is 0.227 e. The van der Waals surface area contributed by atoms with Crippen LogP contribution in [0.1, 0.15) is 29.2 Å². The van der Waals surface area contributed by atoms with Crippen LogP contribution in [0.4, 0.5) is 0 Å². The Kier molecular flexibility index (Phi) is 7.59. The van der Waals surface area contributed by atoms with E-state index in [-0.39, 0.29) is 11.8 Å². The number of methoxy groups -OCH3 is 1. The van der Waals surface area contributed by atoms with Gasteiger partial charge in [0.05, 0.1) is 5.92 Å². The molecule has 0 aliphatic heterocycles. The number of hydrogen-bond donors (Lipinski definition) is 1. The number of hydrogen-bond acceptors (Lipinski definition) is 3. The molecule has 1 heterocycles. The average Bonchev–Trinajstić information content (AvgIpc) is 3.06. The monoisotopic (exact) mass is 351 g/mol. The predicted octanol–water partition coefficient (Wildman–Crippen LogP) is 4.27. The summed E-state index contributed by atoms with van der Waals surface area (Å²) in [6, 6.07) is 11.6. The van der Waals surface area contributed by atoms with Crippen LogP contribution in [0, 0.1) is 0 Å². The van der Waals surface area contributed by atoms with Crippen LogP contribution in [0.2, 0.25) is 5.02 Å². The number of rotatable bonds is 9. The molecule has 1 N–H and O–H groups in total. The molecule has 124 valence electrons. The fourth-order valence-electron chi connectivity index (χ4n) is 2.39. The minimum absolute atomic E-state index is 0.0677. The molecule has 2 aromatic rings. The molecule has 1 aromatic carbocycles. The molecule has 0 fully saturated rings. The molecule has 1 aromatic heterocycles. The van der Waals surface area contributed by atoms with Crippen LogP contribution in [-0.4, -0.2) is 26.2 Å². The van der Waals surface area contributed by atoms with E-state index in [0.29, 0.717) is 18.0 Å². The summed E-state index contributed by atoms with van der Waals surface area (Å²) in [5.41, 5.74) is 0.997. The van der Waals surface area contributed by atoms with E-state index in [1.54, 1.807) is 18.4 Å². The first kappa shape index (κ1) is 18.0. The van der Waals surface area contributed by atoms with E-state index in [9.17, 15) is 4.79 Å². The Labute approximate surface area is 146 Å². The number of carbonyl (C=O) groups is 1. The van der Waals surface area contributed by atoms with Crippen molar-refractivity contribution in [3.05, 3.63) is 57.2 Å². The Morgan fingerprint density at radius 1 is 1.26 bits per heavy atom. The minimum atomic E-state index is -0.187. The van der Waals surface area contributed by atoms with Gasteiger partial charge >= 0.3 is 0 Å². The lowest BCUT2D eigenvalue weighted by Gasteiger charge is -2.17. The van der Waals surface area contributed by atoms with Crippen molar-refractivity contribution < 1.29 is 9.53 Å². The third-order valence-electron chi connectivity index (χ3n) is 3.65. The van der Waals surface area contributed by atoms with Crippen LogP contribution in [0.5, 0.6) is 0 Å². The molecule has 0 radical (unpaired) electrons. The third kappa shape index (κ3) is 5.98. The van der Waals surface area contributed by atoms with Crippen molar-refractivity contribution in [2.45, 2.75) is 25.2 Å². The molecule has 1 amide bonds. The predicted molar refractivity (Wildman–Crippen MR) is 96.3 cm³/mol. The second kappa shape index (κ2) is 9.71. The first-order chi connectivity index (χ1) is 11.2. The van der Waals surface area contributed by atoms with Crippen molar-refractivity contribution >= 4 is 28.8 Å². The number of thiophene rings is 1. The molecule has 0 bridgehead atoms. The van der Waals surface area contributed by atoms with Gasteiger partial charge in [0, 0.05) is 30.2 Å². The number of benzene rings is 1. The van der Waals surface area contributed by atoms with Gasteiger partial charge in [-0.05, 0) is 48.4 Å². The number of carbonyl (C=O) groups excluding carboxylic acids is 1. The fourth-order valence-corrected chi connectivity index (χ4v) is 3.27. The fraction of sp³-hybridized carbons (Fsp3) is 0.389. The molecule has 0 aliphatic rings. The topological polar surface area (TPSA) is 38.3 Å². The average molecular weight is 352 g/mol. The highest BCUT2D eigenvalue weighted by atomic mass is 35.5. The summed E-state index contributed by atoms with van der Waals surface area (Å²) in [4.78, 5) is 13.8. The maximum Gasteiger partial charge on any atom is 0.227 e. The number of halogens is 1. The van der Waals surface area contributed by atoms with Gasteiger partial charge in [0.1, 0.15) is 0 Å². The maximum absolute atomic E-state index is 12.6. The molecular weight excluding hydrogens is 330 g/mol. The second-order valence-corrected chi connectivity index (χ2v) is 6.85. The van der Waals surface area contributed by atoms with Crippen LogP contribution >= 0.6 is 22.9 Å². The van der Waals surface area contributed by atoms with Crippen LogP contribution < -0.4 is 5.32 Å². The van der Waals surface area contributed by atoms with Gasteiger partial charge in [0.25, 0.3) is 0 Å². The van der Waals surface area contributed by atoms with Gasteiger partial charge in [-0.2, -0.15) is 0 Å². The minimum Gasteiger partial charge on any atom is -0.385 e. The quantitative estimate of drug-likeness (QED) is 0.685. The first-order valence-corrected chi connectivity index (χ1v) is 9.01. The summed E-state index contributed by atoms with van der Waals surface area (Å²) in [5, 5.41) is 5.77. The molecule has 0 aliphatic carbocycles. The normalized spacial score (nSPS) is 12.1. The molecule has 5 heteroatoms. The van der Waals surface area contributed by atoms with Crippen LogP contribution in [0.3, 0.4) is 0 Å². The number of amides is 1. The Hall–Kier alpha value is -1.36. The van der Waals surface area contributed by atoms with E-state index < -0.39 is 0 Å². The zero-order valence-corrected chi connectivity index (χ0v) is 14.8. The van der Waals surface area contributed by atoms with Crippen molar-refractivity contribution in [2.75, 3.05) is 20.3 Å². The molecular formula is C18H22ClNO2S. The van der Waals surface area contributed by atoms with Crippen molar-refractivity contribution in [2.24, 2.45) is 0 Å². The maximum atomic E-state index is 12.6. The van der Waals surface area contributed by atoms with E-state index in [0.717, 1.165) is 25.0 Å². The number of nitrogens with one attached hydrogen (secondary N) is 1. The molecule has 2 rings (SSSR count). The summed E-state index contributed by atoms with van der Waals surface area (Å²) < 4.78 is 5.02. The van der Waals surface area contributed by atoms with Crippen LogP contribution in [-0.2, 0) is 16.0 Å². The van der Waals surface area contributed by atoms with Gasteiger partial charge in [-0.25, -0.2) is 0 Å². The summed E-state index contributed by atoms with van der Waals surface area (Å²) in [6.07, 6.45) is 2.59. The lowest BCUT2D eigenvalue weighted by atomic mass is 9.94. The number of unbranched alkanes of at least 4 members (excludes halogenated alkanes) is 1. The molecule has 0 saturated heterocycles. The lowest BCUT2D eigenvalue weighted by molar-refractivity contribution is -0.122. The van der Waals surface area contributed by atoms with Crippen molar-refractivity contribution in [1.82, 2.24) is 5.32 Å². The van der Waals surface area contributed by atoms with Crippen LogP contribution in [0.25, 0.3) is 0 Å². The number of ether oxygens (including phenoxy) is 1. The Morgan fingerprint density at radius 3 is 2.70 bits per heavy atom. The van der Waals surface area contributed by atoms with Gasteiger partial charge in [-0.15, -0.1) is 11.3 Å². The van der Waals surface area contributed by atoms with E-state index in [4.69, 9.17) is 16.3 Å². The molecule has 23 heavy (non-hydrogen) atoms. The van der Waals surface area contributed by atoms with Crippen molar-refractivity contribution in [3.8, 4) is 0 Å². The molecule has 1 atom stereocenters. The van der Waals surface area contributed by atoms with E-state index >= 15 is 0 Å². The highest BCUT2D eigenvalue weighted by Crippen LogP contribution is 2.25. The highest BCUT2D eigenvalue weighted by Gasteiger charge is 2.21. The first-order valence-electron chi connectivity index (χ1n) is 7.75. The summed E-state index contributed by atoms with van der Waals surface area (Å²) in [6.45, 7) is 1.41. The zero-order valence-electron chi connectivity index (χ0n) is 13.3. The summed E-state index contributed by atoms with van der Waals surface area (Å²) in [7, 11) is 1.69. The highest BCUT2D eigenvalue weighted by molar-refractivity contribution is 7.09. The SMILES string of the molecule is COCCCCNC(=O)C(Cc1cccs1)c1ccc(Cl)cc1. The summed E-state index contributed by atoms with van der Waals surface area (Å²) >= 11 is 7.64. The van der Waals surface area contributed by atoms with Gasteiger partial charge in [0.15, 0.2) is 0 Å². The van der Waals surface area contributed by atoms with Gasteiger partial charge in [-0.3, -0.25) is 4.79 Å². The Balaban J connectivity index is 2.00. The second-order valence-electron chi connectivity index (χ2n) is 5.38. The van der Waals surface area contributed by atoms with Crippen molar-refractivity contribution in [1.29, 1.82) is 0 Å². The lowest BCUT2D eigenvalue weighted by Crippen LogP contribution is -2.31. The van der Waals surface area contributed by atoms with E-state index in [2.05, 4.69) is 11.4 Å².